The van der Waals surface area contributed by atoms with Gasteiger partial charge in [-0.15, -0.1) is 0 Å². The second-order valence-corrected chi connectivity index (χ2v) is 8.07. The van der Waals surface area contributed by atoms with E-state index in [1.807, 2.05) is 0 Å². The van der Waals surface area contributed by atoms with Crippen molar-refractivity contribution in [3.8, 4) is 0 Å². The Hall–Kier alpha value is -0.0800. The van der Waals surface area contributed by atoms with Gasteiger partial charge in [-0.3, -0.25) is 0 Å². The van der Waals surface area contributed by atoms with Gasteiger partial charge in [0, 0.05) is 0 Å². The summed E-state index contributed by atoms with van der Waals surface area (Å²) in [6, 6.07) is 0. The largest absolute Gasteiger partial charge is 0.390 e. The van der Waals surface area contributed by atoms with Crippen LogP contribution < -0.4 is 5.32 Å². The fourth-order valence-electron chi connectivity index (χ4n) is 6.27. The average Bonchev–Trinajstić information content (AvgIpc) is 2.26. The lowest BCUT2D eigenvalue weighted by Crippen LogP contribution is -2.52. The molecule has 4 aliphatic carbocycles. The summed E-state index contributed by atoms with van der Waals surface area (Å²) < 4.78 is 0. The van der Waals surface area contributed by atoms with Crippen molar-refractivity contribution < 1.29 is 5.11 Å². The Bertz CT molecular complexity index is 297. The van der Waals surface area contributed by atoms with Gasteiger partial charge in [-0.05, 0) is 94.0 Å². The zero-order chi connectivity index (χ0) is 12.2. The van der Waals surface area contributed by atoms with Crippen LogP contribution >= 0.6 is 0 Å². The van der Waals surface area contributed by atoms with E-state index in [-0.39, 0.29) is 5.60 Å². The maximum absolute atomic E-state index is 10.9. The molecule has 0 radical (unpaired) electrons. The molecule has 0 atom stereocenters. The van der Waals surface area contributed by atoms with E-state index in [0.29, 0.717) is 5.41 Å². The van der Waals surface area contributed by atoms with Crippen LogP contribution in [0, 0.1) is 23.2 Å². The van der Waals surface area contributed by atoms with Gasteiger partial charge < -0.3 is 10.4 Å². The highest BCUT2D eigenvalue weighted by Gasteiger charge is 2.53. The molecule has 0 spiro atoms. The summed E-state index contributed by atoms with van der Waals surface area (Å²) in [5, 5.41) is 14.3. The van der Waals surface area contributed by atoms with E-state index >= 15 is 0 Å². The summed E-state index contributed by atoms with van der Waals surface area (Å²) in [6.45, 7) is 2.03. The van der Waals surface area contributed by atoms with Crippen molar-refractivity contribution in [2.75, 3.05) is 13.1 Å². The third-order valence-electron chi connectivity index (χ3n) is 6.40. The van der Waals surface area contributed by atoms with Gasteiger partial charge in [0.05, 0.1) is 5.60 Å². The zero-order valence-electron chi connectivity index (χ0n) is 11.5. The lowest BCUT2D eigenvalue weighted by Gasteiger charge is -2.59. The molecule has 1 aliphatic heterocycles. The average molecular weight is 249 g/mol. The Balaban J connectivity index is 1.53. The fraction of sp³-hybridized carbons (Fsp3) is 1.00. The normalized spacial score (nSPS) is 49.5. The van der Waals surface area contributed by atoms with Gasteiger partial charge in [0.2, 0.25) is 0 Å². The van der Waals surface area contributed by atoms with Crippen LogP contribution in [0.4, 0.5) is 0 Å². The van der Waals surface area contributed by atoms with E-state index in [4.69, 9.17) is 0 Å². The zero-order valence-corrected chi connectivity index (χ0v) is 11.5. The third-order valence-corrected chi connectivity index (χ3v) is 6.40. The predicted molar refractivity (Wildman–Crippen MR) is 72.3 cm³/mol. The van der Waals surface area contributed by atoms with Crippen LogP contribution in [-0.4, -0.2) is 23.8 Å². The smallest absolute Gasteiger partial charge is 0.0677 e. The summed E-state index contributed by atoms with van der Waals surface area (Å²) in [4.78, 5) is 0. The minimum Gasteiger partial charge on any atom is -0.390 e. The fourth-order valence-corrected chi connectivity index (χ4v) is 6.27. The maximum atomic E-state index is 10.9. The molecule has 0 aromatic rings. The molecule has 1 heterocycles. The molecule has 0 unspecified atom stereocenters. The van der Waals surface area contributed by atoms with Crippen LogP contribution in [0.1, 0.15) is 57.8 Å². The number of rotatable bonds is 2. The minimum absolute atomic E-state index is 0.336. The summed E-state index contributed by atoms with van der Waals surface area (Å²) in [7, 11) is 0. The summed E-state index contributed by atoms with van der Waals surface area (Å²) in [6.07, 6.45) is 11.9. The van der Waals surface area contributed by atoms with Gasteiger partial charge >= 0.3 is 0 Å². The summed E-state index contributed by atoms with van der Waals surface area (Å²) >= 11 is 0. The van der Waals surface area contributed by atoms with Crippen LogP contribution in [-0.2, 0) is 0 Å². The van der Waals surface area contributed by atoms with E-state index in [9.17, 15) is 5.11 Å². The molecule has 0 amide bonds. The highest BCUT2D eigenvalue weighted by molar-refractivity contribution is 5.04. The molecule has 4 bridgehead atoms. The number of piperidine rings is 1. The van der Waals surface area contributed by atoms with Crippen molar-refractivity contribution in [3.63, 3.8) is 0 Å². The van der Waals surface area contributed by atoms with E-state index in [0.717, 1.165) is 50.1 Å². The summed E-state index contributed by atoms with van der Waals surface area (Å²) in [5.74, 6) is 3.05. The van der Waals surface area contributed by atoms with Crippen LogP contribution in [0.3, 0.4) is 0 Å². The SMILES string of the molecule is OC1(CC23CC4CC(CC(C4)C2)C3)CCNCC1. The monoisotopic (exact) mass is 249 g/mol. The molecule has 2 heteroatoms. The van der Waals surface area contributed by atoms with Crippen molar-refractivity contribution in [2.24, 2.45) is 23.2 Å². The van der Waals surface area contributed by atoms with Gasteiger partial charge in [-0.2, -0.15) is 0 Å². The number of hydrogen-bond acceptors (Lipinski definition) is 2. The van der Waals surface area contributed by atoms with Crippen LogP contribution in [0.15, 0.2) is 0 Å². The summed E-state index contributed by atoms with van der Waals surface area (Å²) in [5.41, 5.74) is 0.206. The third kappa shape index (κ3) is 1.92. The van der Waals surface area contributed by atoms with Gasteiger partial charge in [0.25, 0.3) is 0 Å². The second kappa shape index (κ2) is 3.96. The van der Waals surface area contributed by atoms with Crippen molar-refractivity contribution in [3.05, 3.63) is 0 Å². The Morgan fingerprint density at radius 3 is 1.89 bits per heavy atom. The molecule has 102 valence electrons. The van der Waals surface area contributed by atoms with Crippen LogP contribution in [0.25, 0.3) is 0 Å². The molecule has 2 N–H and O–H groups in total. The first-order valence-corrected chi connectivity index (χ1v) is 8.08. The van der Waals surface area contributed by atoms with Gasteiger partial charge in [0.1, 0.15) is 0 Å². The predicted octanol–water partition coefficient (Wildman–Crippen LogP) is 2.71. The Morgan fingerprint density at radius 1 is 0.889 bits per heavy atom. The molecule has 0 aromatic carbocycles. The molecule has 5 rings (SSSR count). The molecular formula is C16H27NO. The lowest BCUT2D eigenvalue weighted by molar-refractivity contribution is -0.111. The molecule has 4 saturated carbocycles. The number of hydrogen-bond donors (Lipinski definition) is 2. The second-order valence-electron chi connectivity index (χ2n) is 8.07. The molecule has 1 saturated heterocycles. The van der Waals surface area contributed by atoms with Crippen molar-refractivity contribution >= 4 is 0 Å². The van der Waals surface area contributed by atoms with E-state index in [1.165, 1.54) is 38.5 Å². The Kier molecular flexibility index (Phi) is 2.58. The van der Waals surface area contributed by atoms with Crippen LogP contribution in [0.2, 0.25) is 0 Å². The standard InChI is InChI=1S/C16H27NO/c18-16(1-3-17-4-2-16)11-15-8-12-5-13(9-15)7-14(6-12)10-15/h12-14,17-18H,1-11H2. The van der Waals surface area contributed by atoms with E-state index in [1.54, 1.807) is 0 Å². The topological polar surface area (TPSA) is 32.3 Å². The van der Waals surface area contributed by atoms with Gasteiger partial charge in [-0.25, -0.2) is 0 Å². The molecule has 2 nitrogen and oxygen atoms in total. The van der Waals surface area contributed by atoms with E-state index in [2.05, 4.69) is 5.32 Å². The Labute approximate surface area is 111 Å². The Morgan fingerprint density at radius 2 is 1.39 bits per heavy atom. The van der Waals surface area contributed by atoms with E-state index < -0.39 is 0 Å². The molecular weight excluding hydrogens is 222 g/mol. The quantitative estimate of drug-likeness (QED) is 0.788. The van der Waals surface area contributed by atoms with Gasteiger partial charge in [-0.1, -0.05) is 0 Å². The molecule has 5 fully saturated rings. The van der Waals surface area contributed by atoms with Crippen molar-refractivity contribution in [1.29, 1.82) is 0 Å². The van der Waals surface area contributed by atoms with Crippen molar-refractivity contribution in [2.45, 2.75) is 63.4 Å². The highest BCUT2D eigenvalue weighted by atomic mass is 16.3. The first kappa shape index (κ1) is 11.7. The molecule has 0 aromatic heterocycles. The lowest BCUT2D eigenvalue weighted by atomic mass is 9.47. The molecule has 5 aliphatic rings. The number of nitrogens with one attached hydrogen (secondary N) is 1. The van der Waals surface area contributed by atoms with Gasteiger partial charge in [0.15, 0.2) is 0 Å². The minimum atomic E-state index is -0.336. The number of aliphatic hydroxyl groups is 1. The maximum Gasteiger partial charge on any atom is 0.0677 e. The first-order chi connectivity index (χ1) is 8.65. The molecule has 18 heavy (non-hydrogen) atoms. The van der Waals surface area contributed by atoms with Crippen molar-refractivity contribution in [1.82, 2.24) is 5.32 Å². The first-order valence-electron chi connectivity index (χ1n) is 8.08. The highest BCUT2D eigenvalue weighted by Crippen LogP contribution is 2.62. The van der Waals surface area contributed by atoms with Crippen LogP contribution in [0.5, 0.6) is 0 Å².